The summed E-state index contributed by atoms with van der Waals surface area (Å²) in [6.45, 7) is 0. The first-order chi connectivity index (χ1) is 1.41. The predicted octanol–water partition coefficient (Wildman–Crippen LogP) is 0.142. The standard InChI is InChI=1S/Gd.HNO2/c;2-1-3/h;(H,2,3). The summed E-state index contributed by atoms with van der Waals surface area (Å²) < 4.78 is 0. The van der Waals surface area contributed by atoms with Gasteiger partial charge in [-0.25, -0.2) is 0 Å². The van der Waals surface area contributed by atoms with Gasteiger partial charge in [-0.1, -0.05) is 0 Å². The van der Waals surface area contributed by atoms with E-state index in [1.807, 2.05) is 0 Å². The third-order valence-corrected chi connectivity index (χ3v) is 0. The molecule has 0 spiro atoms. The third-order valence-electron chi connectivity index (χ3n) is 0. The molecule has 26 valence electrons. The Labute approximate surface area is 55.0 Å². The van der Waals surface area contributed by atoms with Crippen molar-refractivity contribution >= 4 is 0 Å². The van der Waals surface area contributed by atoms with Crippen LogP contribution in [0.25, 0.3) is 0 Å². The smallest absolute Gasteiger partial charge is 0.152 e. The molecule has 0 aliphatic heterocycles. The Morgan fingerprint density at radius 2 is 1.75 bits per heavy atom. The Bertz CT molecular complexity index is 13.5. The second kappa shape index (κ2) is 9.30. The van der Waals surface area contributed by atoms with Gasteiger partial charge in [0, 0.05) is 39.9 Å². The zero-order chi connectivity index (χ0) is 2.71. The molecule has 0 radical (unpaired) electrons. The molecule has 0 aliphatic carbocycles. The van der Waals surface area contributed by atoms with E-state index < -0.39 is 0 Å². The van der Waals surface area contributed by atoms with Crippen LogP contribution in [0.5, 0.6) is 0 Å². The fourth-order valence-electron chi connectivity index (χ4n) is 0. The number of hydrogen-bond donors (Lipinski definition) is 1. The molecule has 0 unspecified atom stereocenters. The van der Waals surface area contributed by atoms with Crippen LogP contribution in [0.2, 0.25) is 0 Å². The molecule has 0 heterocycles. The Kier molecular flexibility index (Phi) is 20.5. The van der Waals surface area contributed by atoms with Gasteiger partial charge in [0.1, 0.15) is 0 Å². The molecule has 0 saturated heterocycles. The monoisotopic (exact) mass is 205 g/mol. The zero-order valence-electron chi connectivity index (χ0n) is 1.66. The molecule has 0 saturated carbocycles. The minimum atomic E-state index is 0. The van der Waals surface area contributed by atoms with Crippen molar-refractivity contribution in [2.45, 2.75) is 0 Å². The number of nitrogens with zero attached hydrogens (tertiary/aromatic N) is 1. The van der Waals surface area contributed by atoms with Gasteiger partial charge >= 0.3 is 0 Å². The van der Waals surface area contributed by atoms with E-state index in [0.717, 1.165) is 0 Å². The fourth-order valence-corrected chi connectivity index (χ4v) is 0. The first-order valence-electron chi connectivity index (χ1n) is 0.383. The third kappa shape index (κ3) is 15.4. The zero-order valence-corrected chi connectivity index (χ0v) is 3.92. The Morgan fingerprint density at radius 3 is 1.75 bits per heavy atom. The maximum absolute atomic E-state index is 8.11. The fraction of sp³-hybridized carbons (Fsp3) is 0. The summed E-state index contributed by atoms with van der Waals surface area (Å²) in [4.78, 5) is 8.11. The second-order valence-electron chi connectivity index (χ2n) is 0.0816. The van der Waals surface area contributed by atoms with Gasteiger partial charge < -0.3 is 5.21 Å². The quantitative estimate of drug-likeness (QED) is 0.451. The van der Waals surface area contributed by atoms with Gasteiger partial charge in [-0.05, 0) is 0 Å². The molecule has 0 bridgehead atoms. The maximum Gasteiger partial charge on any atom is 0.152 e. The van der Waals surface area contributed by atoms with Gasteiger partial charge in [0.15, 0.2) is 5.34 Å². The van der Waals surface area contributed by atoms with E-state index in [2.05, 4.69) is 0 Å². The summed E-state index contributed by atoms with van der Waals surface area (Å²) >= 11 is 0. The van der Waals surface area contributed by atoms with Crippen LogP contribution in [0.1, 0.15) is 0 Å². The largest absolute Gasteiger partial charge is 0.379 e. The van der Waals surface area contributed by atoms with Gasteiger partial charge in [-0.2, -0.15) is 0 Å². The van der Waals surface area contributed by atoms with Crippen LogP contribution in [0, 0.1) is 44.8 Å². The summed E-state index contributed by atoms with van der Waals surface area (Å²) in [6.07, 6.45) is 0. The van der Waals surface area contributed by atoms with E-state index >= 15 is 0 Å². The first-order valence-corrected chi connectivity index (χ1v) is 0.383. The van der Waals surface area contributed by atoms with Crippen molar-refractivity contribution in [3.05, 3.63) is 4.91 Å². The average Bonchev–Trinajstić information content (AvgIpc) is 0.918. The van der Waals surface area contributed by atoms with E-state index in [0.29, 0.717) is 0 Å². The van der Waals surface area contributed by atoms with Crippen LogP contribution in [0.4, 0.5) is 0 Å². The van der Waals surface area contributed by atoms with E-state index in [1.54, 1.807) is 0 Å². The second-order valence-corrected chi connectivity index (χ2v) is 0.0816. The SMILES string of the molecule is O=NO.[Gd]. The van der Waals surface area contributed by atoms with E-state index in [4.69, 9.17) is 10.1 Å². The van der Waals surface area contributed by atoms with Crippen molar-refractivity contribution in [2.75, 3.05) is 0 Å². The minimum Gasteiger partial charge on any atom is -0.379 e. The Morgan fingerprint density at radius 1 is 1.75 bits per heavy atom. The molecule has 0 amide bonds. The van der Waals surface area contributed by atoms with Gasteiger partial charge in [0.2, 0.25) is 0 Å². The number of rotatable bonds is 0. The topological polar surface area (TPSA) is 49.7 Å². The molecule has 0 aromatic heterocycles. The maximum atomic E-state index is 8.11. The summed E-state index contributed by atoms with van der Waals surface area (Å²) in [5.74, 6) is 0. The minimum absolute atomic E-state index is 0. The van der Waals surface area contributed by atoms with Crippen molar-refractivity contribution in [2.24, 2.45) is 5.34 Å². The summed E-state index contributed by atoms with van der Waals surface area (Å²) in [7, 11) is 0. The van der Waals surface area contributed by atoms with Crippen molar-refractivity contribution in [3.63, 3.8) is 0 Å². The molecule has 0 fully saturated rings. The van der Waals surface area contributed by atoms with E-state index in [1.165, 1.54) is 5.34 Å². The van der Waals surface area contributed by atoms with E-state index in [-0.39, 0.29) is 39.9 Å². The van der Waals surface area contributed by atoms with Gasteiger partial charge in [-0.3, -0.25) is 0 Å². The molecular formula is HGdNO2. The van der Waals surface area contributed by atoms with E-state index in [9.17, 15) is 0 Å². The van der Waals surface area contributed by atoms with Gasteiger partial charge in [-0.15, -0.1) is 4.91 Å². The average molecular weight is 204 g/mol. The summed E-state index contributed by atoms with van der Waals surface area (Å²) in [5.41, 5.74) is 0. The van der Waals surface area contributed by atoms with Crippen LogP contribution in [-0.2, 0) is 0 Å². The molecule has 0 atom stereocenters. The van der Waals surface area contributed by atoms with Crippen molar-refractivity contribution < 1.29 is 45.1 Å². The normalized spacial score (nSPS) is 3.00. The molecule has 0 aromatic carbocycles. The van der Waals surface area contributed by atoms with Crippen molar-refractivity contribution in [1.29, 1.82) is 0 Å². The molecule has 0 rings (SSSR count). The van der Waals surface area contributed by atoms with Crippen molar-refractivity contribution in [1.82, 2.24) is 0 Å². The van der Waals surface area contributed by atoms with Crippen LogP contribution in [-0.4, -0.2) is 5.21 Å². The van der Waals surface area contributed by atoms with Crippen molar-refractivity contribution in [3.8, 4) is 0 Å². The molecular weight excluding hydrogens is 203 g/mol. The Hall–Kier alpha value is 0.725. The van der Waals surface area contributed by atoms with Gasteiger partial charge in [0.25, 0.3) is 0 Å². The summed E-state index contributed by atoms with van der Waals surface area (Å²) in [5, 5.41) is 7.89. The predicted molar refractivity (Wildman–Crippen MR) is 7.58 cm³/mol. The van der Waals surface area contributed by atoms with Crippen LogP contribution in [0.15, 0.2) is 5.34 Å². The molecule has 0 aromatic rings. The number of hydrogen-bond acceptors (Lipinski definition) is 2. The molecule has 1 N–H and O–H groups in total. The first kappa shape index (κ1) is 8.83. The molecule has 4 heteroatoms. The van der Waals surface area contributed by atoms with Crippen LogP contribution < -0.4 is 0 Å². The van der Waals surface area contributed by atoms with Gasteiger partial charge in [0.05, 0.1) is 0 Å². The molecule has 0 aliphatic rings. The Balaban J connectivity index is 0. The molecule has 4 heavy (non-hydrogen) atoms. The summed E-state index contributed by atoms with van der Waals surface area (Å²) in [6, 6.07) is 0. The van der Waals surface area contributed by atoms with Crippen LogP contribution in [0.3, 0.4) is 0 Å². The van der Waals surface area contributed by atoms with Crippen LogP contribution >= 0.6 is 0 Å². The molecule has 3 nitrogen and oxygen atoms in total.